The number of nitrogens with zero attached hydrogens (tertiary/aromatic N) is 1. The maximum atomic E-state index is 11.5. The topological polar surface area (TPSA) is 39.2 Å². The van der Waals surface area contributed by atoms with Crippen molar-refractivity contribution in [2.75, 3.05) is 0 Å². The molecular weight excluding hydrogens is 274 g/mol. The van der Waals surface area contributed by atoms with Crippen LogP contribution in [-0.2, 0) is 16.0 Å². The first-order valence-electron chi connectivity index (χ1n) is 8.59. The average molecular weight is 305 g/mol. The van der Waals surface area contributed by atoms with Gasteiger partial charge >= 0.3 is 5.97 Å². The van der Waals surface area contributed by atoms with Crippen molar-refractivity contribution in [1.29, 1.82) is 0 Å². The lowest BCUT2D eigenvalue weighted by Crippen LogP contribution is -2.23. The Morgan fingerprint density at radius 2 is 1.64 bits per heavy atom. The Kier molecular flexibility index (Phi) is 8.79. The first-order valence-corrected chi connectivity index (χ1v) is 8.59. The normalized spacial score (nSPS) is 11.4. The van der Waals surface area contributed by atoms with Crippen LogP contribution in [0, 0.1) is 0 Å². The quantitative estimate of drug-likeness (QED) is 0.446. The van der Waals surface area contributed by atoms with E-state index in [9.17, 15) is 4.79 Å². The van der Waals surface area contributed by atoms with Gasteiger partial charge < -0.3 is 4.74 Å². The van der Waals surface area contributed by atoms with Gasteiger partial charge in [-0.3, -0.25) is 9.78 Å². The van der Waals surface area contributed by atoms with Crippen molar-refractivity contribution in [3.05, 3.63) is 30.1 Å². The highest BCUT2D eigenvalue weighted by molar-refractivity contribution is 5.69. The minimum Gasteiger partial charge on any atom is -0.460 e. The van der Waals surface area contributed by atoms with E-state index in [0.717, 1.165) is 19.3 Å². The molecule has 1 aromatic rings. The molecule has 22 heavy (non-hydrogen) atoms. The molecule has 1 aromatic heterocycles. The Morgan fingerprint density at radius 3 is 2.23 bits per heavy atom. The van der Waals surface area contributed by atoms with Crippen LogP contribution in [0.3, 0.4) is 0 Å². The number of unbranched alkanes of at least 4 members (excludes halogenated alkanes) is 6. The summed E-state index contributed by atoms with van der Waals surface area (Å²) in [5.41, 5.74) is 0.838. The molecule has 0 radical (unpaired) electrons. The first kappa shape index (κ1) is 18.7. The van der Waals surface area contributed by atoms with Crippen molar-refractivity contribution in [2.45, 2.75) is 84.2 Å². The van der Waals surface area contributed by atoms with E-state index in [4.69, 9.17) is 4.74 Å². The number of aromatic nitrogens is 1. The molecule has 3 nitrogen and oxygen atoms in total. The largest absolute Gasteiger partial charge is 0.460 e. The fraction of sp³-hybridized carbons (Fsp3) is 0.684. The number of hydrogen-bond donors (Lipinski definition) is 0. The number of hydrogen-bond acceptors (Lipinski definition) is 3. The average Bonchev–Trinajstić information content (AvgIpc) is 2.44. The third kappa shape index (κ3) is 10.4. The predicted octanol–water partition coefficient (Wildman–Crippen LogP) is 5.09. The van der Waals surface area contributed by atoms with Crippen LogP contribution < -0.4 is 0 Å². The number of carbonyl (C=O) groups is 1. The number of pyridine rings is 1. The van der Waals surface area contributed by atoms with Gasteiger partial charge in [-0.05, 0) is 52.2 Å². The van der Waals surface area contributed by atoms with Crippen molar-refractivity contribution < 1.29 is 9.53 Å². The van der Waals surface area contributed by atoms with Gasteiger partial charge in [0.15, 0.2) is 0 Å². The second-order valence-electron chi connectivity index (χ2n) is 6.88. The Bertz CT molecular complexity index is 409. The Hall–Kier alpha value is -1.38. The van der Waals surface area contributed by atoms with Crippen LogP contribution in [0.2, 0.25) is 0 Å². The second kappa shape index (κ2) is 10.4. The summed E-state index contributed by atoms with van der Waals surface area (Å²) < 4.78 is 5.29. The minimum atomic E-state index is -0.356. The van der Waals surface area contributed by atoms with Gasteiger partial charge in [-0.25, -0.2) is 0 Å². The fourth-order valence-corrected chi connectivity index (χ4v) is 2.40. The monoisotopic (exact) mass is 305 g/mol. The smallest absolute Gasteiger partial charge is 0.306 e. The lowest BCUT2D eigenvalue weighted by Gasteiger charge is -2.19. The Balaban J connectivity index is 1.89. The van der Waals surface area contributed by atoms with Crippen LogP contribution in [-0.4, -0.2) is 16.6 Å². The van der Waals surface area contributed by atoms with Gasteiger partial charge in [0.1, 0.15) is 5.60 Å². The SMILES string of the molecule is CC(C)(C)OC(=O)CCCCCCCCCc1ccccn1. The Labute approximate surface area is 135 Å². The van der Waals surface area contributed by atoms with Crippen molar-refractivity contribution >= 4 is 5.97 Å². The molecule has 0 aromatic carbocycles. The maximum Gasteiger partial charge on any atom is 0.306 e. The van der Waals surface area contributed by atoms with Crippen LogP contribution in [0.5, 0.6) is 0 Å². The van der Waals surface area contributed by atoms with Gasteiger partial charge in [-0.15, -0.1) is 0 Å². The highest BCUT2D eigenvalue weighted by atomic mass is 16.6. The Morgan fingerprint density at radius 1 is 1.00 bits per heavy atom. The fourth-order valence-electron chi connectivity index (χ4n) is 2.40. The van der Waals surface area contributed by atoms with Gasteiger partial charge in [0.25, 0.3) is 0 Å². The molecule has 1 heterocycles. The molecule has 0 unspecified atom stereocenters. The van der Waals surface area contributed by atoms with Crippen molar-refractivity contribution in [3.63, 3.8) is 0 Å². The number of ether oxygens (including phenoxy) is 1. The maximum absolute atomic E-state index is 11.5. The van der Waals surface area contributed by atoms with E-state index >= 15 is 0 Å². The summed E-state index contributed by atoms with van der Waals surface area (Å²) in [5, 5.41) is 0. The molecule has 0 fully saturated rings. The van der Waals surface area contributed by atoms with Crippen LogP contribution in [0.4, 0.5) is 0 Å². The number of carbonyl (C=O) groups excluding carboxylic acids is 1. The first-order chi connectivity index (χ1) is 10.5. The van der Waals surface area contributed by atoms with E-state index in [0.29, 0.717) is 6.42 Å². The van der Waals surface area contributed by atoms with E-state index in [1.54, 1.807) is 0 Å². The molecule has 0 N–H and O–H groups in total. The molecule has 0 amide bonds. The molecule has 1 rings (SSSR count). The van der Waals surface area contributed by atoms with Gasteiger partial charge in [-0.1, -0.05) is 38.2 Å². The lowest BCUT2D eigenvalue weighted by atomic mass is 10.1. The lowest BCUT2D eigenvalue weighted by molar-refractivity contribution is -0.154. The molecule has 124 valence electrons. The summed E-state index contributed by atoms with van der Waals surface area (Å²) in [6.07, 6.45) is 11.8. The standard InChI is InChI=1S/C19H31NO2/c1-19(2,3)22-18(21)15-10-8-6-4-5-7-9-13-17-14-11-12-16-20-17/h11-12,14,16H,4-10,13,15H2,1-3H3. The highest BCUT2D eigenvalue weighted by Crippen LogP contribution is 2.13. The van der Waals surface area contributed by atoms with E-state index in [1.807, 2.05) is 39.1 Å². The van der Waals surface area contributed by atoms with Gasteiger partial charge in [0.2, 0.25) is 0 Å². The van der Waals surface area contributed by atoms with Crippen molar-refractivity contribution in [3.8, 4) is 0 Å². The van der Waals surface area contributed by atoms with E-state index in [1.165, 1.54) is 37.8 Å². The second-order valence-corrected chi connectivity index (χ2v) is 6.88. The minimum absolute atomic E-state index is 0.0668. The summed E-state index contributed by atoms with van der Waals surface area (Å²) >= 11 is 0. The van der Waals surface area contributed by atoms with Crippen LogP contribution in [0.25, 0.3) is 0 Å². The number of esters is 1. The van der Waals surface area contributed by atoms with Crippen LogP contribution in [0.15, 0.2) is 24.4 Å². The number of rotatable bonds is 10. The summed E-state index contributed by atoms with van der Waals surface area (Å²) in [6, 6.07) is 6.10. The molecule has 0 bridgehead atoms. The molecule has 0 aliphatic carbocycles. The van der Waals surface area contributed by atoms with E-state index in [-0.39, 0.29) is 11.6 Å². The molecule has 0 saturated heterocycles. The zero-order chi connectivity index (χ0) is 16.3. The summed E-state index contributed by atoms with van der Waals surface area (Å²) in [7, 11) is 0. The molecular formula is C19H31NO2. The van der Waals surface area contributed by atoms with Gasteiger partial charge in [0, 0.05) is 18.3 Å². The molecule has 0 aliphatic heterocycles. The highest BCUT2D eigenvalue weighted by Gasteiger charge is 2.15. The summed E-state index contributed by atoms with van der Waals surface area (Å²) in [5.74, 6) is -0.0668. The zero-order valence-corrected chi connectivity index (χ0v) is 14.4. The summed E-state index contributed by atoms with van der Waals surface area (Å²) in [6.45, 7) is 5.74. The molecule has 0 atom stereocenters. The van der Waals surface area contributed by atoms with E-state index < -0.39 is 0 Å². The van der Waals surface area contributed by atoms with Gasteiger partial charge in [0.05, 0.1) is 0 Å². The van der Waals surface area contributed by atoms with E-state index in [2.05, 4.69) is 11.1 Å². The van der Waals surface area contributed by atoms with Crippen LogP contribution >= 0.6 is 0 Å². The van der Waals surface area contributed by atoms with Gasteiger partial charge in [-0.2, -0.15) is 0 Å². The zero-order valence-electron chi connectivity index (χ0n) is 14.4. The van der Waals surface area contributed by atoms with Crippen LogP contribution in [0.1, 0.15) is 77.8 Å². The van der Waals surface area contributed by atoms with Crippen molar-refractivity contribution in [2.24, 2.45) is 0 Å². The third-order valence-corrected chi connectivity index (χ3v) is 3.46. The molecule has 0 spiro atoms. The number of aryl methyl sites for hydroxylation is 1. The molecule has 0 aliphatic rings. The van der Waals surface area contributed by atoms with Crippen molar-refractivity contribution in [1.82, 2.24) is 4.98 Å². The summed E-state index contributed by atoms with van der Waals surface area (Å²) in [4.78, 5) is 15.9. The third-order valence-electron chi connectivity index (χ3n) is 3.46. The predicted molar refractivity (Wildman–Crippen MR) is 90.7 cm³/mol. The molecule has 0 saturated carbocycles. The molecule has 3 heteroatoms.